The molecule has 2 N–H and O–H groups in total. The molecule has 1 heterocycles. The highest BCUT2D eigenvalue weighted by Gasteiger charge is 2.16. The molecule has 0 spiro atoms. The van der Waals surface area contributed by atoms with Crippen LogP contribution in [0.5, 0.6) is 5.75 Å². The van der Waals surface area contributed by atoms with Gasteiger partial charge in [0.15, 0.2) is 0 Å². The van der Waals surface area contributed by atoms with E-state index < -0.39 is 0 Å². The van der Waals surface area contributed by atoms with Crippen LogP contribution in [-0.4, -0.2) is 19.0 Å². The average Bonchev–Trinajstić information content (AvgIpc) is 3.15. The lowest BCUT2D eigenvalue weighted by molar-refractivity contribution is -0.116. The molecule has 1 fully saturated rings. The number of anilines is 1. The van der Waals surface area contributed by atoms with Gasteiger partial charge in [-0.2, -0.15) is 0 Å². The molecule has 4 nitrogen and oxygen atoms in total. The molecule has 0 bridgehead atoms. The number of para-hydroxylation sites is 1. The molecule has 1 atom stereocenters. The van der Waals surface area contributed by atoms with Crippen molar-refractivity contribution in [1.29, 1.82) is 0 Å². The Balaban J connectivity index is 1.55. The zero-order valence-corrected chi connectivity index (χ0v) is 14.8. The topological polar surface area (TPSA) is 50.4 Å². The number of nitrogens with one attached hydrogen (secondary N) is 2. The molecule has 4 heteroatoms. The van der Waals surface area contributed by atoms with Crippen LogP contribution in [-0.2, 0) is 11.4 Å². The Kier molecular flexibility index (Phi) is 6.07. The zero-order valence-electron chi connectivity index (χ0n) is 14.8. The Morgan fingerprint density at radius 2 is 2.04 bits per heavy atom. The minimum atomic E-state index is 0.0936. The Morgan fingerprint density at radius 1 is 1.20 bits per heavy atom. The molecule has 1 unspecified atom stereocenters. The van der Waals surface area contributed by atoms with Gasteiger partial charge >= 0.3 is 0 Å². The van der Waals surface area contributed by atoms with Gasteiger partial charge in [0, 0.05) is 12.1 Å². The van der Waals surface area contributed by atoms with E-state index in [2.05, 4.69) is 10.6 Å². The molecular weight excluding hydrogens is 312 g/mol. The van der Waals surface area contributed by atoms with E-state index in [1.165, 1.54) is 6.42 Å². The van der Waals surface area contributed by atoms with Gasteiger partial charge in [-0.3, -0.25) is 4.79 Å². The maximum atomic E-state index is 12.2. The molecular formula is C21H26N2O2. The van der Waals surface area contributed by atoms with Crippen LogP contribution < -0.4 is 15.4 Å². The fourth-order valence-corrected chi connectivity index (χ4v) is 3.16. The lowest BCUT2D eigenvalue weighted by Crippen LogP contribution is -2.16. The smallest absolute Gasteiger partial charge is 0.224 e. The third-order valence-corrected chi connectivity index (χ3v) is 4.80. The fraction of sp³-hybridized carbons (Fsp3) is 0.381. The first kappa shape index (κ1) is 17.5. The fourth-order valence-electron chi connectivity index (χ4n) is 3.16. The van der Waals surface area contributed by atoms with Crippen LogP contribution in [0.15, 0.2) is 48.5 Å². The maximum absolute atomic E-state index is 12.2. The summed E-state index contributed by atoms with van der Waals surface area (Å²) in [6.45, 7) is 4.64. The predicted molar refractivity (Wildman–Crippen MR) is 101 cm³/mol. The first-order chi connectivity index (χ1) is 12.2. The molecule has 2 aromatic rings. The van der Waals surface area contributed by atoms with Crippen molar-refractivity contribution in [2.24, 2.45) is 5.92 Å². The summed E-state index contributed by atoms with van der Waals surface area (Å²) in [6.07, 6.45) is 2.71. The first-order valence-corrected chi connectivity index (χ1v) is 8.99. The van der Waals surface area contributed by atoms with E-state index in [-0.39, 0.29) is 5.91 Å². The summed E-state index contributed by atoms with van der Waals surface area (Å²) < 4.78 is 5.83. The van der Waals surface area contributed by atoms with Crippen molar-refractivity contribution in [2.45, 2.75) is 32.8 Å². The third-order valence-electron chi connectivity index (χ3n) is 4.80. The summed E-state index contributed by atoms with van der Waals surface area (Å²) in [5, 5.41) is 6.40. The molecule has 1 aliphatic heterocycles. The Morgan fingerprint density at radius 3 is 2.80 bits per heavy atom. The van der Waals surface area contributed by atoms with Crippen molar-refractivity contribution >= 4 is 11.6 Å². The van der Waals surface area contributed by atoms with Crippen molar-refractivity contribution in [3.05, 3.63) is 59.7 Å². The van der Waals surface area contributed by atoms with Gasteiger partial charge in [-0.1, -0.05) is 30.3 Å². The highest BCUT2D eigenvalue weighted by Crippen LogP contribution is 2.22. The summed E-state index contributed by atoms with van der Waals surface area (Å²) in [6, 6.07) is 15.7. The van der Waals surface area contributed by atoms with Crippen molar-refractivity contribution in [2.75, 3.05) is 18.4 Å². The highest BCUT2D eigenvalue weighted by atomic mass is 16.5. The van der Waals surface area contributed by atoms with Crippen LogP contribution in [0.2, 0.25) is 0 Å². The molecule has 2 aromatic carbocycles. The van der Waals surface area contributed by atoms with Gasteiger partial charge in [0.1, 0.15) is 12.4 Å². The summed E-state index contributed by atoms with van der Waals surface area (Å²) in [5.74, 6) is 1.58. The van der Waals surface area contributed by atoms with E-state index in [0.717, 1.165) is 42.1 Å². The largest absolute Gasteiger partial charge is 0.489 e. The molecule has 3 rings (SSSR count). The lowest BCUT2D eigenvalue weighted by Gasteiger charge is -2.14. The number of hydrogen-bond acceptors (Lipinski definition) is 3. The molecule has 1 saturated heterocycles. The number of carbonyl (C=O) groups excluding carboxylic acids is 1. The molecule has 25 heavy (non-hydrogen) atoms. The Labute approximate surface area is 149 Å². The van der Waals surface area contributed by atoms with Crippen LogP contribution in [0, 0.1) is 12.8 Å². The van der Waals surface area contributed by atoms with Gasteiger partial charge < -0.3 is 15.4 Å². The van der Waals surface area contributed by atoms with Gasteiger partial charge in [0.25, 0.3) is 0 Å². The standard InChI is InChI=1S/C21H26N2O2/c1-16-18(15-25-19-7-3-2-4-8-19)6-5-9-20(16)23-21(24)11-10-17-12-13-22-14-17/h2-9,17,22H,10-15H2,1H3,(H,23,24). The molecule has 1 aliphatic rings. The van der Waals surface area contributed by atoms with Crippen LogP contribution in [0.3, 0.4) is 0 Å². The lowest BCUT2D eigenvalue weighted by atomic mass is 10.0. The molecule has 132 valence electrons. The van der Waals surface area contributed by atoms with Crippen molar-refractivity contribution in [3.63, 3.8) is 0 Å². The van der Waals surface area contributed by atoms with E-state index in [1.807, 2.05) is 55.5 Å². The number of rotatable bonds is 7. The van der Waals surface area contributed by atoms with Gasteiger partial charge in [-0.05, 0) is 68.1 Å². The Bertz CT molecular complexity index is 694. The van der Waals surface area contributed by atoms with Crippen LogP contribution in [0.4, 0.5) is 5.69 Å². The second kappa shape index (κ2) is 8.67. The summed E-state index contributed by atoms with van der Waals surface area (Å²) in [4.78, 5) is 12.2. The second-order valence-corrected chi connectivity index (χ2v) is 6.64. The quantitative estimate of drug-likeness (QED) is 0.805. The minimum Gasteiger partial charge on any atom is -0.489 e. The predicted octanol–water partition coefficient (Wildman–Crippen LogP) is 3.90. The number of ether oxygens (including phenoxy) is 1. The van der Waals surface area contributed by atoms with Gasteiger partial charge in [0.05, 0.1) is 0 Å². The normalized spacial score (nSPS) is 16.6. The van der Waals surface area contributed by atoms with E-state index in [1.54, 1.807) is 0 Å². The summed E-state index contributed by atoms with van der Waals surface area (Å²) in [7, 11) is 0. The van der Waals surface area contributed by atoms with Crippen molar-refractivity contribution < 1.29 is 9.53 Å². The molecule has 0 aliphatic carbocycles. The maximum Gasteiger partial charge on any atom is 0.224 e. The first-order valence-electron chi connectivity index (χ1n) is 8.99. The monoisotopic (exact) mass is 338 g/mol. The van der Waals surface area contributed by atoms with Crippen LogP contribution in [0.1, 0.15) is 30.4 Å². The molecule has 0 aromatic heterocycles. The third kappa shape index (κ3) is 5.07. The van der Waals surface area contributed by atoms with E-state index in [9.17, 15) is 4.79 Å². The van der Waals surface area contributed by atoms with Gasteiger partial charge in [0.2, 0.25) is 5.91 Å². The number of benzene rings is 2. The number of hydrogen-bond donors (Lipinski definition) is 2. The van der Waals surface area contributed by atoms with E-state index in [0.29, 0.717) is 18.9 Å². The van der Waals surface area contributed by atoms with E-state index >= 15 is 0 Å². The van der Waals surface area contributed by atoms with Crippen LogP contribution in [0.25, 0.3) is 0 Å². The van der Waals surface area contributed by atoms with Gasteiger partial charge in [-0.15, -0.1) is 0 Å². The van der Waals surface area contributed by atoms with Crippen molar-refractivity contribution in [3.8, 4) is 5.75 Å². The van der Waals surface area contributed by atoms with E-state index in [4.69, 9.17) is 4.74 Å². The number of amides is 1. The second-order valence-electron chi connectivity index (χ2n) is 6.64. The summed E-state index contributed by atoms with van der Waals surface area (Å²) in [5.41, 5.74) is 3.03. The summed E-state index contributed by atoms with van der Waals surface area (Å²) >= 11 is 0. The highest BCUT2D eigenvalue weighted by molar-refractivity contribution is 5.91. The molecule has 1 amide bonds. The molecule has 0 radical (unpaired) electrons. The molecule has 0 saturated carbocycles. The Hall–Kier alpha value is -2.33. The zero-order chi connectivity index (χ0) is 17.5. The minimum absolute atomic E-state index is 0.0936. The average molecular weight is 338 g/mol. The number of carbonyl (C=O) groups is 1. The SMILES string of the molecule is Cc1c(COc2ccccc2)cccc1NC(=O)CCC1CCNC1. The van der Waals surface area contributed by atoms with Crippen LogP contribution >= 0.6 is 0 Å². The van der Waals surface area contributed by atoms with Gasteiger partial charge in [-0.25, -0.2) is 0 Å². The van der Waals surface area contributed by atoms with Crippen molar-refractivity contribution in [1.82, 2.24) is 5.32 Å².